The van der Waals surface area contributed by atoms with Crippen LogP contribution in [0.3, 0.4) is 0 Å². The quantitative estimate of drug-likeness (QED) is 0.862. The summed E-state index contributed by atoms with van der Waals surface area (Å²) < 4.78 is 27.0. The van der Waals surface area contributed by atoms with Crippen molar-refractivity contribution in [3.63, 3.8) is 0 Å². The predicted molar refractivity (Wildman–Crippen MR) is 76.1 cm³/mol. The third kappa shape index (κ3) is 3.53. The molecule has 19 heavy (non-hydrogen) atoms. The van der Waals surface area contributed by atoms with Crippen molar-refractivity contribution in [2.24, 2.45) is 5.73 Å². The zero-order valence-electron chi connectivity index (χ0n) is 9.84. The van der Waals surface area contributed by atoms with Gasteiger partial charge >= 0.3 is 0 Å². The summed E-state index contributed by atoms with van der Waals surface area (Å²) in [5, 5.41) is 0.520. The normalized spacial score (nSPS) is 12.5. The van der Waals surface area contributed by atoms with E-state index in [1.165, 1.54) is 12.1 Å². The van der Waals surface area contributed by atoms with Crippen LogP contribution in [0.5, 0.6) is 0 Å². The molecule has 0 aliphatic heterocycles. The second kappa shape index (κ2) is 5.99. The third-order valence-corrected chi connectivity index (χ3v) is 4.07. The Balaban J connectivity index is 2.25. The molecule has 0 saturated heterocycles. The molecule has 0 heterocycles. The summed E-state index contributed by atoms with van der Waals surface area (Å²) in [4.78, 5) is 0. The fourth-order valence-corrected chi connectivity index (χ4v) is 2.55. The maximum atomic E-state index is 13.1. The van der Waals surface area contributed by atoms with Crippen molar-refractivity contribution >= 4 is 27.5 Å². The van der Waals surface area contributed by atoms with Crippen molar-refractivity contribution in [1.82, 2.24) is 0 Å². The Kier molecular flexibility index (Phi) is 4.55. The zero-order valence-corrected chi connectivity index (χ0v) is 12.2. The number of hydrogen-bond acceptors (Lipinski definition) is 1. The lowest BCUT2D eigenvalue weighted by molar-refractivity contribution is 0.576. The van der Waals surface area contributed by atoms with E-state index < -0.39 is 17.7 Å². The largest absolute Gasteiger partial charge is 0.324 e. The summed E-state index contributed by atoms with van der Waals surface area (Å²) >= 11 is 9.46. The van der Waals surface area contributed by atoms with Crippen molar-refractivity contribution in [2.75, 3.05) is 0 Å². The van der Waals surface area contributed by atoms with Gasteiger partial charge in [-0.15, -0.1) is 0 Å². The molecule has 2 aromatic rings. The summed E-state index contributed by atoms with van der Waals surface area (Å²) in [6.45, 7) is 0. The van der Waals surface area contributed by atoms with Gasteiger partial charge in [0.15, 0.2) is 0 Å². The van der Waals surface area contributed by atoms with Crippen molar-refractivity contribution in [2.45, 2.75) is 12.5 Å². The smallest absolute Gasteiger partial charge is 0.126 e. The van der Waals surface area contributed by atoms with Crippen molar-refractivity contribution in [3.8, 4) is 0 Å². The maximum absolute atomic E-state index is 13.1. The number of rotatable bonds is 3. The molecule has 100 valence electrons. The minimum Gasteiger partial charge on any atom is -0.324 e. The van der Waals surface area contributed by atoms with Gasteiger partial charge in [-0.25, -0.2) is 8.78 Å². The van der Waals surface area contributed by atoms with Crippen LogP contribution in [0.1, 0.15) is 17.2 Å². The number of benzene rings is 2. The van der Waals surface area contributed by atoms with Gasteiger partial charge in [-0.1, -0.05) is 23.7 Å². The summed E-state index contributed by atoms with van der Waals surface area (Å²) in [5.74, 6) is -1.22. The zero-order chi connectivity index (χ0) is 14.0. The molecule has 0 aromatic heterocycles. The first kappa shape index (κ1) is 14.4. The van der Waals surface area contributed by atoms with Gasteiger partial charge in [0, 0.05) is 16.6 Å². The van der Waals surface area contributed by atoms with E-state index in [4.69, 9.17) is 17.3 Å². The van der Waals surface area contributed by atoms with Gasteiger partial charge in [0.2, 0.25) is 0 Å². The van der Waals surface area contributed by atoms with Crippen LogP contribution in [0.15, 0.2) is 40.9 Å². The van der Waals surface area contributed by atoms with Crippen LogP contribution < -0.4 is 5.73 Å². The molecule has 0 bridgehead atoms. The van der Waals surface area contributed by atoms with Crippen LogP contribution in [0, 0.1) is 11.6 Å². The highest BCUT2D eigenvalue weighted by molar-refractivity contribution is 9.10. The molecule has 0 saturated carbocycles. The van der Waals surface area contributed by atoms with Gasteiger partial charge in [0.25, 0.3) is 0 Å². The molecule has 0 radical (unpaired) electrons. The van der Waals surface area contributed by atoms with E-state index in [0.717, 1.165) is 16.1 Å². The first-order valence-electron chi connectivity index (χ1n) is 5.62. The van der Waals surface area contributed by atoms with E-state index in [-0.39, 0.29) is 0 Å². The molecule has 2 rings (SSSR count). The highest BCUT2D eigenvalue weighted by Gasteiger charge is 2.13. The van der Waals surface area contributed by atoms with Gasteiger partial charge in [-0.3, -0.25) is 0 Å². The van der Waals surface area contributed by atoms with E-state index in [2.05, 4.69) is 15.9 Å². The minimum atomic E-state index is -0.609. The van der Waals surface area contributed by atoms with Crippen molar-refractivity contribution in [3.05, 3.63) is 68.7 Å². The van der Waals surface area contributed by atoms with Crippen molar-refractivity contribution in [1.29, 1.82) is 0 Å². The second-order valence-corrected chi connectivity index (χ2v) is 5.46. The van der Waals surface area contributed by atoms with Gasteiger partial charge in [-0.05, 0) is 51.7 Å². The highest BCUT2D eigenvalue weighted by Crippen LogP contribution is 2.30. The average Bonchev–Trinajstić information content (AvgIpc) is 2.31. The van der Waals surface area contributed by atoms with E-state index in [1.807, 2.05) is 6.07 Å². The molecular formula is C14H11BrClF2N. The molecular weight excluding hydrogens is 336 g/mol. The van der Waals surface area contributed by atoms with Gasteiger partial charge in [0.05, 0.1) is 5.02 Å². The fourth-order valence-electron chi connectivity index (χ4n) is 1.90. The second-order valence-electron chi connectivity index (χ2n) is 4.23. The Morgan fingerprint density at radius 3 is 2.42 bits per heavy atom. The molecule has 0 aliphatic carbocycles. The lowest BCUT2D eigenvalue weighted by Crippen LogP contribution is -2.14. The van der Waals surface area contributed by atoms with Crippen LogP contribution in [-0.2, 0) is 6.42 Å². The van der Waals surface area contributed by atoms with E-state index in [9.17, 15) is 8.78 Å². The van der Waals surface area contributed by atoms with Crippen LogP contribution >= 0.6 is 27.5 Å². The molecule has 0 amide bonds. The first-order chi connectivity index (χ1) is 8.97. The Morgan fingerprint density at radius 2 is 1.79 bits per heavy atom. The Morgan fingerprint density at radius 1 is 1.16 bits per heavy atom. The summed E-state index contributed by atoms with van der Waals surface area (Å²) in [6, 6.07) is 8.38. The summed E-state index contributed by atoms with van der Waals surface area (Å²) in [5.41, 5.74) is 7.28. The van der Waals surface area contributed by atoms with Crippen LogP contribution in [0.4, 0.5) is 8.78 Å². The van der Waals surface area contributed by atoms with E-state index in [0.29, 0.717) is 17.0 Å². The molecule has 0 fully saturated rings. The molecule has 1 nitrogen and oxygen atoms in total. The fraction of sp³-hybridized carbons (Fsp3) is 0.143. The summed E-state index contributed by atoms with van der Waals surface area (Å²) in [6.07, 6.45) is 0.310. The maximum Gasteiger partial charge on any atom is 0.126 e. The van der Waals surface area contributed by atoms with Gasteiger partial charge in [0.1, 0.15) is 11.6 Å². The lowest BCUT2D eigenvalue weighted by atomic mass is 9.99. The first-order valence-corrected chi connectivity index (χ1v) is 6.79. The Bertz CT molecular complexity index is 584. The highest BCUT2D eigenvalue weighted by atomic mass is 79.9. The van der Waals surface area contributed by atoms with Crippen LogP contribution in [0.2, 0.25) is 5.02 Å². The molecule has 2 N–H and O–H groups in total. The number of hydrogen-bond donors (Lipinski definition) is 1. The Hall–Kier alpha value is -0.970. The third-order valence-electron chi connectivity index (χ3n) is 2.76. The number of nitrogens with two attached hydrogens (primary N) is 1. The van der Waals surface area contributed by atoms with Gasteiger partial charge in [-0.2, -0.15) is 0 Å². The van der Waals surface area contributed by atoms with Crippen LogP contribution in [0.25, 0.3) is 0 Å². The molecule has 5 heteroatoms. The van der Waals surface area contributed by atoms with E-state index in [1.54, 1.807) is 12.1 Å². The van der Waals surface area contributed by atoms with Crippen molar-refractivity contribution < 1.29 is 8.78 Å². The Labute approximate surface area is 123 Å². The minimum absolute atomic E-state index is 0.310. The molecule has 1 unspecified atom stereocenters. The summed E-state index contributed by atoms with van der Waals surface area (Å²) in [7, 11) is 0. The molecule has 2 aromatic carbocycles. The number of halogens is 4. The molecule has 0 aliphatic rings. The van der Waals surface area contributed by atoms with E-state index >= 15 is 0 Å². The molecule has 0 spiro atoms. The average molecular weight is 347 g/mol. The van der Waals surface area contributed by atoms with Crippen LogP contribution in [-0.4, -0.2) is 0 Å². The predicted octanol–water partition coefficient (Wildman–Crippen LogP) is 4.62. The monoisotopic (exact) mass is 345 g/mol. The van der Waals surface area contributed by atoms with Gasteiger partial charge < -0.3 is 5.73 Å². The molecule has 1 atom stereocenters. The topological polar surface area (TPSA) is 26.0 Å². The lowest BCUT2D eigenvalue weighted by Gasteiger charge is -2.14. The SMILES string of the molecule is NC(Cc1cc(F)cc(F)c1)c1cccc(Br)c1Cl. The standard InChI is InChI=1S/C14H11BrClF2N/c15-12-3-1-2-11(14(12)16)13(19)6-8-4-9(17)7-10(18)5-8/h1-5,7,13H,6,19H2.